The Bertz CT molecular complexity index is 565. The average molecular weight is 308 g/mol. The molecule has 3 rings (SSSR count). The van der Waals surface area contributed by atoms with Gasteiger partial charge in [-0.1, -0.05) is 60.7 Å². The molecular weight excluding hydrogens is 284 g/mol. The quantitative estimate of drug-likeness (QED) is 0.817. The Morgan fingerprint density at radius 2 is 1.30 bits per heavy atom. The third-order valence-electron chi connectivity index (χ3n) is 4.34. The summed E-state index contributed by atoms with van der Waals surface area (Å²) >= 11 is 0. The number of carbonyl (C=O) groups is 1. The van der Waals surface area contributed by atoms with Crippen LogP contribution in [0.2, 0.25) is 0 Å². The van der Waals surface area contributed by atoms with E-state index in [-0.39, 0.29) is 5.91 Å². The van der Waals surface area contributed by atoms with Crippen molar-refractivity contribution in [3.63, 3.8) is 0 Å². The lowest BCUT2D eigenvalue weighted by Gasteiger charge is -2.25. The molecule has 3 heteroatoms. The Morgan fingerprint density at radius 3 is 1.78 bits per heavy atom. The molecule has 0 N–H and O–H groups in total. The van der Waals surface area contributed by atoms with E-state index < -0.39 is 0 Å². The van der Waals surface area contributed by atoms with Crippen LogP contribution >= 0.6 is 0 Å². The van der Waals surface area contributed by atoms with Crippen LogP contribution < -0.4 is 0 Å². The molecule has 1 aliphatic rings. The first-order valence-corrected chi connectivity index (χ1v) is 8.39. The third kappa shape index (κ3) is 4.67. The van der Waals surface area contributed by atoms with Crippen LogP contribution in [0.3, 0.4) is 0 Å². The average Bonchev–Trinajstić information content (AvgIpc) is 3.09. The number of rotatable bonds is 6. The van der Waals surface area contributed by atoms with Gasteiger partial charge in [-0.15, -0.1) is 0 Å². The molecule has 0 saturated carbocycles. The molecule has 0 unspecified atom stereocenters. The summed E-state index contributed by atoms with van der Waals surface area (Å²) < 4.78 is 0. The van der Waals surface area contributed by atoms with Crippen molar-refractivity contribution in [2.45, 2.75) is 25.9 Å². The first kappa shape index (κ1) is 15.8. The molecule has 0 radical (unpaired) electrons. The van der Waals surface area contributed by atoms with Crippen LogP contribution in [0.25, 0.3) is 0 Å². The van der Waals surface area contributed by atoms with E-state index in [0.29, 0.717) is 19.6 Å². The van der Waals surface area contributed by atoms with Crippen molar-refractivity contribution in [3.05, 3.63) is 71.8 Å². The van der Waals surface area contributed by atoms with Crippen LogP contribution in [0.15, 0.2) is 60.7 Å². The largest absolute Gasteiger partial charge is 0.333 e. The molecule has 0 bridgehead atoms. The summed E-state index contributed by atoms with van der Waals surface area (Å²) in [4.78, 5) is 17.0. The highest BCUT2D eigenvalue weighted by Gasteiger charge is 2.20. The molecule has 23 heavy (non-hydrogen) atoms. The zero-order chi connectivity index (χ0) is 15.9. The summed E-state index contributed by atoms with van der Waals surface area (Å²) in [5.74, 6) is 0.222. The molecule has 3 nitrogen and oxygen atoms in total. The smallest absolute Gasteiger partial charge is 0.237 e. The second-order valence-electron chi connectivity index (χ2n) is 6.20. The van der Waals surface area contributed by atoms with E-state index in [1.807, 2.05) is 41.3 Å². The Kier molecular flexibility index (Phi) is 5.43. The molecule has 1 heterocycles. The van der Waals surface area contributed by atoms with E-state index >= 15 is 0 Å². The van der Waals surface area contributed by atoms with Gasteiger partial charge in [0.05, 0.1) is 6.54 Å². The Labute approximate surface area is 138 Å². The molecular formula is C20H24N2O. The first-order chi connectivity index (χ1) is 11.3. The van der Waals surface area contributed by atoms with Gasteiger partial charge in [0, 0.05) is 13.1 Å². The Balaban J connectivity index is 1.70. The van der Waals surface area contributed by atoms with Gasteiger partial charge in [-0.2, -0.15) is 0 Å². The summed E-state index contributed by atoms with van der Waals surface area (Å²) in [6.07, 6.45) is 2.43. The predicted molar refractivity (Wildman–Crippen MR) is 92.8 cm³/mol. The number of carbonyl (C=O) groups excluding carboxylic acids is 1. The maximum atomic E-state index is 12.8. The number of hydrogen-bond acceptors (Lipinski definition) is 2. The van der Waals surface area contributed by atoms with Crippen LogP contribution in [0, 0.1) is 0 Å². The number of benzene rings is 2. The van der Waals surface area contributed by atoms with Gasteiger partial charge < -0.3 is 4.90 Å². The van der Waals surface area contributed by atoms with Crippen LogP contribution in [0.5, 0.6) is 0 Å². The van der Waals surface area contributed by atoms with E-state index in [9.17, 15) is 4.79 Å². The fourth-order valence-electron chi connectivity index (χ4n) is 3.07. The van der Waals surface area contributed by atoms with Gasteiger partial charge in [-0.05, 0) is 37.1 Å². The van der Waals surface area contributed by atoms with Gasteiger partial charge in [0.1, 0.15) is 0 Å². The lowest BCUT2D eigenvalue weighted by Crippen LogP contribution is -2.38. The lowest BCUT2D eigenvalue weighted by atomic mass is 10.1. The van der Waals surface area contributed by atoms with Crippen molar-refractivity contribution in [1.29, 1.82) is 0 Å². The van der Waals surface area contributed by atoms with E-state index in [4.69, 9.17) is 0 Å². The van der Waals surface area contributed by atoms with Crippen LogP contribution in [-0.2, 0) is 17.9 Å². The van der Waals surface area contributed by atoms with Crippen molar-refractivity contribution in [2.75, 3.05) is 19.6 Å². The zero-order valence-corrected chi connectivity index (χ0v) is 13.5. The molecule has 1 fully saturated rings. The number of hydrogen-bond donors (Lipinski definition) is 0. The maximum absolute atomic E-state index is 12.8. The minimum absolute atomic E-state index is 0.222. The third-order valence-corrected chi connectivity index (χ3v) is 4.34. The Hall–Kier alpha value is -2.13. The molecule has 1 aliphatic heterocycles. The second-order valence-corrected chi connectivity index (χ2v) is 6.20. The second kappa shape index (κ2) is 7.93. The van der Waals surface area contributed by atoms with Gasteiger partial charge in [-0.3, -0.25) is 9.69 Å². The van der Waals surface area contributed by atoms with Crippen molar-refractivity contribution < 1.29 is 4.79 Å². The zero-order valence-electron chi connectivity index (χ0n) is 13.5. The summed E-state index contributed by atoms with van der Waals surface area (Å²) in [6.45, 7) is 3.98. The van der Waals surface area contributed by atoms with E-state index in [0.717, 1.165) is 13.1 Å². The van der Waals surface area contributed by atoms with E-state index in [2.05, 4.69) is 29.2 Å². The fraction of sp³-hybridized carbons (Fsp3) is 0.350. The highest BCUT2D eigenvalue weighted by Crippen LogP contribution is 2.13. The molecule has 2 aromatic carbocycles. The van der Waals surface area contributed by atoms with Gasteiger partial charge in [0.15, 0.2) is 0 Å². The van der Waals surface area contributed by atoms with E-state index in [1.54, 1.807) is 0 Å². The fourth-order valence-corrected chi connectivity index (χ4v) is 3.07. The SMILES string of the molecule is O=C(CN1CCCC1)N(Cc1ccccc1)Cc1ccccc1. The molecule has 120 valence electrons. The molecule has 0 spiro atoms. The first-order valence-electron chi connectivity index (χ1n) is 8.39. The van der Waals surface area contributed by atoms with Crippen molar-refractivity contribution in [2.24, 2.45) is 0 Å². The van der Waals surface area contributed by atoms with E-state index in [1.165, 1.54) is 24.0 Å². The van der Waals surface area contributed by atoms with Crippen LogP contribution in [0.1, 0.15) is 24.0 Å². The molecule has 0 aliphatic carbocycles. The summed E-state index contributed by atoms with van der Waals surface area (Å²) in [5, 5.41) is 0. The lowest BCUT2D eigenvalue weighted by molar-refractivity contribution is -0.133. The number of nitrogens with zero attached hydrogens (tertiary/aromatic N) is 2. The van der Waals surface area contributed by atoms with Crippen LogP contribution in [0.4, 0.5) is 0 Å². The highest BCUT2D eigenvalue weighted by atomic mass is 16.2. The molecule has 0 atom stereocenters. The molecule has 2 aromatic rings. The van der Waals surface area contributed by atoms with Gasteiger partial charge in [0.25, 0.3) is 0 Å². The monoisotopic (exact) mass is 308 g/mol. The molecule has 1 saturated heterocycles. The molecule has 1 amide bonds. The van der Waals surface area contributed by atoms with Gasteiger partial charge >= 0.3 is 0 Å². The normalized spacial score (nSPS) is 14.8. The van der Waals surface area contributed by atoms with Crippen molar-refractivity contribution in [1.82, 2.24) is 9.80 Å². The van der Waals surface area contributed by atoms with Gasteiger partial charge in [-0.25, -0.2) is 0 Å². The van der Waals surface area contributed by atoms with Crippen LogP contribution in [-0.4, -0.2) is 35.3 Å². The highest BCUT2D eigenvalue weighted by molar-refractivity contribution is 5.78. The van der Waals surface area contributed by atoms with Gasteiger partial charge in [0.2, 0.25) is 5.91 Å². The minimum Gasteiger partial charge on any atom is -0.333 e. The predicted octanol–water partition coefficient (Wildman–Crippen LogP) is 3.31. The minimum atomic E-state index is 0.222. The number of likely N-dealkylation sites (tertiary alicyclic amines) is 1. The Morgan fingerprint density at radius 1 is 0.826 bits per heavy atom. The maximum Gasteiger partial charge on any atom is 0.237 e. The number of amides is 1. The summed E-state index contributed by atoms with van der Waals surface area (Å²) in [5.41, 5.74) is 2.36. The van der Waals surface area contributed by atoms with Crippen molar-refractivity contribution >= 4 is 5.91 Å². The standard InChI is InChI=1S/C20H24N2O/c23-20(17-21-13-7-8-14-21)22(15-18-9-3-1-4-10-18)16-19-11-5-2-6-12-19/h1-6,9-12H,7-8,13-17H2. The molecule has 0 aromatic heterocycles. The topological polar surface area (TPSA) is 23.6 Å². The van der Waals surface area contributed by atoms with Crippen molar-refractivity contribution in [3.8, 4) is 0 Å². The summed E-state index contributed by atoms with van der Waals surface area (Å²) in [7, 11) is 0. The summed E-state index contributed by atoms with van der Waals surface area (Å²) in [6, 6.07) is 20.5.